The number of nitrogens with one attached hydrogen (secondary N) is 1. The van der Waals surface area contributed by atoms with Crippen molar-refractivity contribution in [2.24, 2.45) is 0 Å². The highest BCUT2D eigenvalue weighted by atomic mass is 127. The van der Waals surface area contributed by atoms with E-state index in [9.17, 15) is 19.7 Å². The van der Waals surface area contributed by atoms with Crippen LogP contribution in [-0.2, 0) is 9.53 Å². The lowest BCUT2D eigenvalue weighted by atomic mass is 10.1. The summed E-state index contributed by atoms with van der Waals surface area (Å²) < 4.78 is 3.92. The average Bonchev–Trinajstić information content (AvgIpc) is 2.42. The van der Waals surface area contributed by atoms with Gasteiger partial charge in [-0.15, -0.1) is 0 Å². The van der Waals surface area contributed by atoms with Gasteiger partial charge in [0.1, 0.15) is 9.49 Å². The molecule has 1 rings (SSSR count). The summed E-state index contributed by atoms with van der Waals surface area (Å²) >= 11 is 7.52. The molecule has 0 radical (unpaired) electrons. The van der Waals surface area contributed by atoms with Crippen LogP contribution in [0, 0.1) is 10.1 Å². The Morgan fingerprint density at radius 3 is 2.75 bits per heavy atom. The number of benzene rings is 1. The Hall–Kier alpha value is -1.42. The topological polar surface area (TPSA) is 98.5 Å². The van der Waals surface area contributed by atoms with Gasteiger partial charge in [-0.1, -0.05) is 34.2 Å². The molecule has 20 heavy (non-hydrogen) atoms. The lowest BCUT2D eigenvalue weighted by Gasteiger charge is -2.09. The highest BCUT2D eigenvalue weighted by Crippen LogP contribution is 2.22. The summed E-state index contributed by atoms with van der Waals surface area (Å²) in [6, 6.07) is 3.68. The summed E-state index contributed by atoms with van der Waals surface area (Å²) in [6.07, 6.45) is 0. The molecule has 0 aliphatic heterocycles. The van der Waals surface area contributed by atoms with Gasteiger partial charge in [0.2, 0.25) is 0 Å². The van der Waals surface area contributed by atoms with E-state index in [1.54, 1.807) is 22.6 Å². The molecule has 1 aromatic carbocycles. The van der Waals surface area contributed by atoms with Crippen molar-refractivity contribution >= 4 is 51.8 Å². The van der Waals surface area contributed by atoms with Crippen LogP contribution in [0.1, 0.15) is 10.4 Å². The molecule has 0 aromatic heterocycles. The maximum atomic E-state index is 11.9. The molecule has 0 spiro atoms. The maximum absolute atomic E-state index is 11.9. The number of carbonyl (C=O) groups is 2. The molecule has 1 aromatic rings. The molecular weight excluding hydrogens is 402 g/mol. The molecule has 1 N–H and O–H groups in total. The molecule has 7 nitrogen and oxygen atoms in total. The summed E-state index contributed by atoms with van der Waals surface area (Å²) in [5.74, 6) is -1.17. The number of esters is 1. The second-order valence-corrected chi connectivity index (χ2v) is 5.56. The van der Waals surface area contributed by atoms with Gasteiger partial charge < -0.3 is 10.1 Å². The van der Waals surface area contributed by atoms with E-state index in [4.69, 9.17) is 11.6 Å². The SMILES string of the molecule is COC(=O)C(I)CNC(=O)c1cc(Cl)ccc1[N+](=O)[O-]. The van der Waals surface area contributed by atoms with Crippen LogP contribution in [0.2, 0.25) is 5.02 Å². The molecular formula is C11H10ClIN2O5. The zero-order chi connectivity index (χ0) is 15.3. The van der Waals surface area contributed by atoms with Crippen LogP contribution >= 0.6 is 34.2 Å². The fraction of sp³-hybridized carbons (Fsp3) is 0.273. The number of amides is 1. The van der Waals surface area contributed by atoms with Crippen molar-refractivity contribution in [1.29, 1.82) is 0 Å². The van der Waals surface area contributed by atoms with Crippen molar-refractivity contribution in [2.45, 2.75) is 3.92 Å². The van der Waals surface area contributed by atoms with E-state index < -0.39 is 20.7 Å². The number of carbonyl (C=O) groups excluding carboxylic acids is 2. The molecule has 1 atom stereocenters. The van der Waals surface area contributed by atoms with E-state index in [1.807, 2.05) is 0 Å². The molecule has 1 unspecified atom stereocenters. The van der Waals surface area contributed by atoms with Gasteiger partial charge in [-0.2, -0.15) is 0 Å². The summed E-state index contributed by atoms with van der Waals surface area (Å²) in [7, 11) is 1.23. The third kappa shape index (κ3) is 4.30. The van der Waals surface area contributed by atoms with Crippen molar-refractivity contribution in [1.82, 2.24) is 5.32 Å². The minimum atomic E-state index is -0.676. The molecule has 0 aliphatic rings. The molecule has 0 saturated heterocycles. The zero-order valence-electron chi connectivity index (χ0n) is 10.3. The third-order valence-corrected chi connectivity index (χ3v) is 3.48. The number of alkyl halides is 1. The Labute approximate surface area is 132 Å². The Morgan fingerprint density at radius 2 is 2.20 bits per heavy atom. The van der Waals surface area contributed by atoms with Gasteiger partial charge >= 0.3 is 5.97 Å². The van der Waals surface area contributed by atoms with Crippen LogP contribution < -0.4 is 5.32 Å². The first-order chi connectivity index (χ1) is 9.36. The number of ether oxygens (including phenoxy) is 1. The molecule has 0 aliphatic carbocycles. The van der Waals surface area contributed by atoms with Gasteiger partial charge in [-0.05, 0) is 12.1 Å². The van der Waals surface area contributed by atoms with E-state index in [0.29, 0.717) is 0 Å². The maximum Gasteiger partial charge on any atom is 0.320 e. The Balaban J connectivity index is 2.85. The van der Waals surface area contributed by atoms with Gasteiger partial charge in [0.25, 0.3) is 11.6 Å². The summed E-state index contributed by atoms with van der Waals surface area (Å²) in [5.41, 5.74) is -0.508. The number of nitro benzene ring substituents is 1. The number of nitrogens with zero attached hydrogens (tertiary/aromatic N) is 1. The van der Waals surface area contributed by atoms with Crippen LogP contribution in [0.25, 0.3) is 0 Å². The van der Waals surface area contributed by atoms with Crippen molar-refractivity contribution in [3.8, 4) is 0 Å². The number of methoxy groups -OCH3 is 1. The molecule has 0 saturated carbocycles. The minimum absolute atomic E-state index is 0.00423. The fourth-order valence-electron chi connectivity index (χ4n) is 1.34. The Kier molecular flexibility index (Phi) is 6.14. The number of nitro groups is 1. The summed E-state index contributed by atoms with van der Waals surface area (Å²) in [5, 5.41) is 13.5. The smallest absolute Gasteiger partial charge is 0.320 e. The predicted octanol–water partition coefficient (Wildman–Crippen LogP) is 1.95. The minimum Gasteiger partial charge on any atom is -0.468 e. The van der Waals surface area contributed by atoms with E-state index >= 15 is 0 Å². The predicted molar refractivity (Wildman–Crippen MR) is 80.3 cm³/mol. The van der Waals surface area contributed by atoms with Crippen LogP contribution in [-0.4, -0.2) is 34.4 Å². The van der Waals surface area contributed by atoms with Crippen molar-refractivity contribution in [2.75, 3.05) is 13.7 Å². The quantitative estimate of drug-likeness (QED) is 0.262. The van der Waals surface area contributed by atoms with Gasteiger partial charge in [0.15, 0.2) is 0 Å². The molecule has 0 heterocycles. The molecule has 0 fully saturated rings. The Morgan fingerprint density at radius 1 is 1.55 bits per heavy atom. The third-order valence-electron chi connectivity index (χ3n) is 2.30. The Bertz CT molecular complexity index is 552. The van der Waals surface area contributed by atoms with Crippen molar-refractivity contribution < 1.29 is 19.2 Å². The summed E-state index contributed by atoms with van der Waals surface area (Å²) in [4.78, 5) is 33.3. The van der Waals surface area contributed by atoms with E-state index in [0.717, 1.165) is 6.07 Å². The molecule has 0 bridgehead atoms. The first-order valence-electron chi connectivity index (χ1n) is 5.31. The first-order valence-corrected chi connectivity index (χ1v) is 6.93. The second kappa shape index (κ2) is 7.39. The van der Waals surface area contributed by atoms with Gasteiger partial charge in [-0.3, -0.25) is 19.7 Å². The van der Waals surface area contributed by atoms with Crippen molar-refractivity contribution in [3.63, 3.8) is 0 Å². The largest absolute Gasteiger partial charge is 0.468 e. The highest BCUT2D eigenvalue weighted by molar-refractivity contribution is 14.1. The van der Waals surface area contributed by atoms with Crippen LogP contribution in [0.4, 0.5) is 5.69 Å². The second-order valence-electron chi connectivity index (χ2n) is 3.62. The lowest BCUT2D eigenvalue weighted by Crippen LogP contribution is -2.34. The standard InChI is InChI=1S/C11H10ClIN2O5/c1-20-11(17)8(13)5-14-10(16)7-4-6(12)2-3-9(7)15(18)19/h2-4,8H,5H2,1H3,(H,14,16). The van der Waals surface area contributed by atoms with Crippen LogP contribution in [0.5, 0.6) is 0 Å². The van der Waals surface area contributed by atoms with Gasteiger partial charge in [0, 0.05) is 17.6 Å². The first kappa shape index (κ1) is 16.6. The van der Waals surface area contributed by atoms with Gasteiger partial charge in [0.05, 0.1) is 12.0 Å². The number of halogens is 2. The van der Waals surface area contributed by atoms with Gasteiger partial charge in [-0.25, -0.2) is 0 Å². The molecule has 9 heteroatoms. The van der Waals surface area contributed by atoms with Crippen LogP contribution in [0.3, 0.4) is 0 Å². The van der Waals surface area contributed by atoms with E-state index in [-0.39, 0.29) is 22.8 Å². The van der Waals surface area contributed by atoms with Crippen molar-refractivity contribution in [3.05, 3.63) is 38.9 Å². The van der Waals surface area contributed by atoms with E-state index in [1.165, 1.54) is 19.2 Å². The monoisotopic (exact) mass is 412 g/mol. The molecule has 108 valence electrons. The number of rotatable bonds is 5. The normalized spacial score (nSPS) is 11.6. The number of hydrogen-bond donors (Lipinski definition) is 1. The average molecular weight is 413 g/mol. The zero-order valence-corrected chi connectivity index (χ0v) is 13.2. The fourth-order valence-corrected chi connectivity index (χ4v) is 1.98. The lowest BCUT2D eigenvalue weighted by molar-refractivity contribution is -0.385. The molecule has 1 amide bonds. The number of hydrogen-bond acceptors (Lipinski definition) is 5. The van der Waals surface area contributed by atoms with Crippen LogP contribution in [0.15, 0.2) is 18.2 Å². The highest BCUT2D eigenvalue weighted by Gasteiger charge is 2.22. The summed E-state index contributed by atoms with van der Waals surface area (Å²) in [6.45, 7) is -0.00423. The van der Waals surface area contributed by atoms with E-state index in [2.05, 4.69) is 10.1 Å².